The summed E-state index contributed by atoms with van der Waals surface area (Å²) in [6, 6.07) is 22.5. The number of phenols is 1. The molecule has 1 aliphatic heterocycles. The van der Waals surface area contributed by atoms with Gasteiger partial charge in [-0.1, -0.05) is 60.7 Å². The van der Waals surface area contributed by atoms with Crippen LogP contribution in [0.2, 0.25) is 0 Å². The lowest BCUT2D eigenvalue weighted by atomic mass is 9.88. The third-order valence-corrected chi connectivity index (χ3v) is 7.90. The molecule has 1 aromatic heterocycles. The highest BCUT2D eigenvalue weighted by Gasteiger charge is 2.31. The van der Waals surface area contributed by atoms with Crippen LogP contribution in [0.25, 0.3) is 5.57 Å². The Morgan fingerprint density at radius 2 is 1.27 bits per heavy atom. The van der Waals surface area contributed by atoms with E-state index in [0.29, 0.717) is 45.1 Å². The van der Waals surface area contributed by atoms with Crippen molar-refractivity contribution in [1.29, 1.82) is 0 Å². The predicted octanol–water partition coefficient (Wildman–Crippen LogP) is 7.60. The van der Waals surface area contributed by atoms with Crippen molar-refractivity contribution >= 4 is 23.2 Å². The lowest BCUT2D eigenvalue weighted by molar-refractivity contribution is -0.139. The van der Waals surface area contributed by atoms with Crippen molar-refractivity contribution in [1.82, 2.24) is 4.98 Å². The fraction of sp³-hybridized carbons (Fsp3) is 0.216. The van der Waals surface area contributed by atoms with Crippen LogP contribution < -0.4 is 0 Å². The Hall–Kier alpha value is -5.17. The number of carbonyl (C=O) groups is 2. The second kappa shape index (κ2) is 12.6. The van der Waals surface area contributed by atoms with E-state index in [1.54, 1.807) is 19.1 Å². The van der Waals surface area contributed by atoms with Gasteiger partial charge in [-0.25, -0.2) is 9.59 Å². The molecule has 0 saturated carbocycles. The number of hydrogen-bond acceptors (Lipinski definition) is 6. The zero-order chi connectivity index (χ0) is 31.5. The van der Waals surface area contributed by atoms with Gasteiger partial charge in [-0.2, -0.15) is 0 Å². The van der Waals surface area contributed by atoms with Gasteiger partial charge in [-0.15, -0.1) is 0 Å². The molecule has 3 aromatic carbocycles. The van der Waals surface area contributed by atoms with Crippen molar-refractivity contribution in [3.8, 4) is 5.75 Å². The van der Waals surface area contributed by atoms with Crippen LogP contribution in [0.3, 0.4) is 0 Å². The molecule has 2 N–H and O–H groups in total. The van der Waals surface area contributed by atoms with Crippen LogP contribution in [0.4, 0.5) is 0 Å². The van der Waals surface area contributed by atoms with Gasteiger partial charge in [0.25, 0.3) is 0 Å². The van der Waals surface area contributed by atoms with Crippen LogP contribution in [0.1, 0.15) is 69.0 Å². The third-order valence-electron chi connectivity index (χ3n) is 7.90. The van der Waals surface area contributed by atoms with E-state index in [1.807, 2.05) is 95.3 Å². The molecular formula is C37H36N2O5. The molecule has 5 rings (SSSR count). The molecule has 0 unspecified atom stereocenters. The maximum absolute atomic E-state index is 13.4. The fourth-order valence-electron chi connectivity index (χ4n) is 5.83. The molecule has 44 heavy (non-hydrogen) atoms. The largest absolute Gasteiger partial charge is 0.508 e. The Labute approximate surface area is 257 Å². The average molecular weight is 589 g/mol. The van der Waals surface area contributed by atoms with E-state index < -0.39 is 11.9 Å². The number of hydrogen-bond donors (Lipinski definition) is 2. The van der Waals surface area contributed by atoms with Crippen molar-refractivity contribution in [3.63, 3.8) is 0 Å². The zero-order valence-electron chi connectivity index (χ0n) is 25.9. The number of aromatic amines is 1. The number of nitrogens with zero attached hydrogens (tertiary/aromatic N) is 1. The molecule has 2 heterocycles. The zero-order valence-corrected chi connectivity index (χ0v) is 25.9. The van der Waals surface area contributed by atoms with E-state index in [1.165, 1.54) is 0 Å². The lowest BCUT2D eigenvalue weighted by Gasteiger charge is -2.18. The molecule has 4 aromatic rings. The Balaban J connectivity index is 1.61. The van der Waals surface area contributed by atoms with Crippen molar-refractivity contribution in [2.45, 2.75) is 54.8 Å². The summed E-state index contributed by atoms with van der Waals surface area (Å²) >= 11 is 0. The summed E-state index contributed by atoms with van der Waals surface area (Å²) in [5, 5.41) is 10.3. The number of esters is 2. The normalized spacial score (nSPS) is 14.0. The summed E-state index contributed by atoms with van der Waals surface area (Å²) in [6.07, 6.45) is 0. The Bertz CT molecular complexity index is 1820. The summed E-state index contributed by atoms with van der Waals surface area (Å²) < 4.78 is 11.4. The standard InChI is InChI=1S/C37H36N2O5/c1-21-17-29(40)18-22(2)30(21)33(34-23(3)31(25(5)38-34)36(41)43-19-27-13-9-7-10-14-27)35-24(4)32(26(6)39-35)37(42)44-20-28-15-11-8-12-16-28/h7-18,38,40H,19-20H2,1-6H3/b35-33-. The number of benzene rings is 3. The van der Waals surface area contributed by atoms with Gasteiger partial charge in [0.2, 0.25) is 0 Å². The minimum Gasteiger partial charge on any atom is -0.508 e. The number of aliphatic imine (C=N–C) groups is 1. The number of aromatic nitrogens is 1. The van der Waals surface area contributed by atoms with Crippen LogP contribution >= 0.6 is 0 Å². The van der Waals surface area contributed by atoms with Gasteiger partial charge in [0.05, 0.1) is 28.2 Å². The Morgan fingerprint density at radius 1 is 0.750 bits per heavy atom. The van der Waals surface area contributed by atoms with Gasteiger partial charge in [0.1, 0.15) is 19.0 Å². The van der Waals surface area contributed by atoms with Crippen LogP contribution in [0.15, 0.2) is 94.6 Å². The van der Waals surface area contributed by atoms with Crippen molar-refractivity contribution in [2.75, 3.05) is 0 Å². The quantitative estimate of drug-likeness (QED) is 0.206. The summed E-state index contributed by atoms with van der Waals surface area (Å²) in [5.74, 6) is -0.731. The van der Waals surface area contributed by atoms with Crippen LogP contribution in [0, 0.1) is 27.7 Å². The smallest absolute Gasteiger partial charge is 0.340 e. The SMILES string of the molecule is CC1=N/C(=C(\c2[nH]c(C)c(C(=O)OCc3ccccc3)c2C)c2c(C)cc(O)cc2C)C(C)=C1C(=O)OCc1ccccc1. The highest BCUT2D eigenvalue weighted by molar-refractivity contribution is 6.22. The summed E-state index contributed by atoms with van der Waals surface area (Å²) in [6.45, 7) is 11.5. The van der Waals surface area contributed by atoms with Crippen LogP contribution in [0.5, 0.6) is 5.75 Å². The number of carbonyl (C=O) groups excluding carboxylic acids is 2. The summed E-state index contributed by atoms with van der Waals surface area (Å²) in [4.78, 5) is 35.1. The lowest BCUT2D eigenvalue weighted by Crippen LogP contribution is -2.13. The van der Waals surface area contributed by atoms with Crippen LogP contribution in [-0.2, 0) is 27.5 Å². The molecule has 224 valence electrons. The molecule has 0 fully saturated rings. The van der Waals surface area contributed by atoms with E-state index in [9.17, 15) is 14.7 Å². The van der Waals surface area contributed by atoms with E-state index in [0.717, 1.165) is 33.4 Å². The molecule has 1 aliphatic rings. The molecular weight excluding hydrogens is 552 g/mol. The van der Waals surface area contributed by atoms with Crippen molar-refractivity contribution in [2.24, 2.45) is 4.99 Å². The molecule has 7 heteroatoms. The summed E-state index contributed by atoms with van der Waals surface area (Å²) in [5.41, 5.74) is 9.74. The van der Waals surface area contributed by atoms with E-state index >= 15 is 0 Å². The summed E-state index contributed by atoms with van der Waals surface area (Å²) in [7, 11) is 0. The van der Waals surface area contributed by atoms with E-state index in [4.69, 9.17) is 14.5 Å². The Morgan fingerprint density at radius 3 is 1.82 bits per heavy atom. The van der Waals surface area contributed by atoms with Gasteiger partial charge in [0.15, 0.2) is 0 Å². The van der Waals surface area contributed by atoms with Crippen LogP contribution in [-0.4, -0.2) is 27.7 Å². The highest BCUT2D eigenvalue weighted by atomic mass is 16.5. The molecule has 0 radical (unpaired) electrons. The monoisotopic (exact) mass is 588 g/mol. The number of nitrogens with one attached hydrogen (secondary N) is 1. The average Bonchev–Trinajstić information content (AvgIpc) is 3.46. The third kappa shape index (κ3) is 5.99. The van der Waals surface area contributed by atoms with E-state index in [-0.39, 0.29) is 19.0 Å². The fourth-order valence-corrected chi connectivity index (χ4v) is 5.83. The van der Waals surface area contributed by atoms with Crippen molar-refractivity contribution < 1.29 is 24.2 Å². The number of allylic oxidation sites excluding steroid dienone is 1. The first-order chi connectivity index (χ1) is 21.1. The molecule has 7 nitrogen and oxygen atoms in total. The number of H-pyrrole nitrogens is 1. The minimum atomic E-state index is -0.453. The number of rotatable bonds is 8. The number of aromatic hydroxyl groups is 1. The van der Waals surface area contributed by atoms with Crippen molar-refractivity contribution in [3.05, 3.63) is 140 Å². The second-order valence-corrected chi connectivity index (χ2v) is 11.1. The maximum Gasteiger partial charge on any atom is 0.340 e. The Kier molecular flexibility index (Phi) is 8.67. The molecule has 0 saturated heterocycles. The first-order valence-electron chi connectivity index (χ1n) is 14.5. The number of phenolic OH excluding ortho intramolecular Hbond substituents is 1. The molecule has 0 spiro atoms. The first-order valence-corrected chi connectivity index (χ1v) is 14.5. The topological polar surface area (TPSA) is 101 Å². The van der Waals surface area contributed by atoms with Gasteiger partial charge in [-0.05, 0) is 92.6 Å². The van der Waals surface area contributed by atoms with Gasteiger partial charge >= 0.3 is 11.9 Å². The minimum absolute atomic E-state index is 0.148. The molecule has 0 amide bonds. The second-order valence-electron chi connectivity index (χ2n) is 11.1. The molecule has 0 aliphatic carbocycles. The number of aryl methyl sites for hydroxylation is 3. The molecule has 0 bridgehead atoms. The maximum atomic E-state index is 13.4. The number of ether oxygens (including phenoxy) is 2. The first kappa shape index (κ1) is 30.3. The van der Waals surface area contributed by atoms with E-state index in [2.05, 4.69) is 4.98 Å². The molecule has 0 atom stereocenters. The van der Waals surface area contributed by atoms with Gasteiger partial charge in [0, 0.05) is 11.3 Å². The van der Waals surface area contributed by atoms with Gasteiger partial charge < -0.3 is 19.6 Å². The van der Waals surface area contributed by atoms with Gasteiger partial charge in [-0.3, -0.25) is 4.99 Å². The highest BCUT2D eigenvalue weighted by Crippen LogP contribution is 2.41. The predicted molar refractivity (Wildman–Crippen MR) is 171 cm³/mol.